The van der Waals surface area contributed by atoms with Gasteiger partial charge in [-0.3, -0.25) is 19.2 Å². The molecule has 2 aromatic heterocycles. The predicted octanol–water partition coefficient (Wildman–Crippen LogP) is 6.53. The van der Waals surface area contributed by atoms with Crippen molar-refractivity contribution in [3.05, 3.63) is 113 Å². The normalized spacial score (nSPS) is 16.7. The molecule has 7 rings (SSSR count). The molecule has 2 atom stereocenters. The number of anilines is 1. The number of morpholine rings is 1. The Bertz CT molecular complexity index is 2150. The van der Waals surface area contributed by atoms with Gasteiger partial charge in [-0.1, -0.05) is 54.6 Å². The Balaban J connectivity index is 1.09. The molecule has 0 saturated carbocycles. The van der Waals surface area contributed by atoms with Crippen LogP contribution in [-0.2, 0) is 41.0 Å². The van der Waals surface area contributed by atoms with E-state index in [0.29, 0.717) is 24.7 Å². The molecular formula is C44H55N7O4S. The summed E-state index contributed by atoms with van der Waals surface area (Å²) < 4.78 is 14.9. The van der Waals surface area contributed by atoms with E-state index in [9.17, 15) is 9.59 Å². The smallest absolute Gasteiger partial charge is 0.270 e. The Hall–Kier alpha value is -4.75. The van der Waals surface area contributed by atoms with E-state index in [2.05, 4.69) is 88.8 Å². The van der Waals surface area contributed by atoms with Gasteiger partial charge in [-0.2, -0.15) is 10.2 Å². The average Bonchev–Trinajstić information content (AvgIpc) is 3.89. The van der Waals surface area contributed by atoms with Gasteiger partial charge in [0.1, 0.15) is 18.5 Å². The maximum Gasteiger partial charge on any atom is 0.270 e. The number of rotatable bonds is 14. The fraction of sp³-hybridized carbons (Fsp3) is 0.409. The van der Waals surface area contributed by atoms with Crippen LogP contribution >= 0.6 is 10.0 Å². The summed E-state index contributed by atoms with van der Waals surface area (Å²) in [5.74, 6) is 0.232. The number of ether oxygens (including phenoxy) is 2. The molecule has 0 unspecified atom stereocenters. The Morgan fingerprint density at radius 1 is 0.946 bits per heavy atom. The Morgan fingerprint density at radius 3 is 2.36 bits per heavy atom. The largest absolute Gasteiger partial charge is 0.379 e. The highest BCUT2D eigenvalue weighted by atomic mass is 32.3. The van der Waals surface area contributed by atoms with E-state index in [0.717, 1.165) is 90.6 Å². The van der Waals surface area contributed by atoms with Crippen LogP contribution in [0.3, 0.4) is 0 Å². The molecule has 2 aliphatic rings. The number of amides is 2. The van der Waals surface area contributed by atoms with Crippen molar-refractivity contribution in [2.45, 2.75) is 51.9 Å². The van der Waals surface area contributed by atoms with E-state index in [1.165, 1.54) is 15.8 Å². The SMILES string of the molecule is Cc1nn(COCCS(C)(C)C)c(C)c1-c1ccc(NC(=O)[C@@H](NC(=O)c2ccnn2C)[C@@H]2CCc3ccc(-c4ccc(CN5CCOCC5)cc4)cc32)cc1. The molecule has 11 nitrogen and oxygen atoms in total. The van der Waals surface area contributed by atoms with Gasteiger partial charge in [-0.05, 0) is 97.0 Å². The van der Waals surface area contributed by atoms with Crippen molar-refractivity contribution in [3.63, 3.8) is 0 Å². The number of benzene rings is 3. The van der Waals surface area contributed by atoms with Crippen molar-refractivity contribution in [2.24, 2.45) is 7.05 Å². The number of carbonyl (C=O) groups is 2. The van der Waals surface area contributed by atoms with Crippen molar-refractivity contribution >= 4 is 27.5 Å². The molecule has 2 N–H and O–H groups in total. The Morgan fingerprint density at radius 2 is 1.66 bits per heavy atom. The summed E-state index contributed by atoms with van der Waals surface area (Å²) in [6, 6.07) is 24.0. The Kier molecular flexibility index (Phi) is 12.1. The van der Waals surface area contributed by atoms with Crippen LogP contribution < -0.4 is 10.6 Å². The maximum atomic E-state index is 14.3. The van der Waals surface area contributed by atoms with Crippen LogP contribution in [0.1, 0.15) is 50.9 Å². The van der Waals surface area contributed by atoms with Crippen molar-refractivity contribution in [2.75, 3.05) is 62.7 Å². The molecule has 12 heteroatoms. The van der Waals surface area contributed by atoms with Crippen molar-refractivity contribution < 1.29 is 19.1 Å². The minimum atomic E-state index is -0.813. The van der Waals surface area contributed by atoms with Gasteiger partial charge in [0, 0.05) is 61.5 Å². The van der Waals surface area contributed by atoms with E-state index in [-0.39, 0.29) is 17.7 Å². The second-order valence-corrected chi connectivity index (χ2v) is 20.5. The van der Waals surface area contributed by atoms with Gasteiger partial charge in [-0.25, -0.2) is 14.7 Å². The Labute approximate surface area is 332 Å². The van der Waals surface area contributed by atoms with E-state index >= 15 is 0 Å². The molecule has 3 heterocycles. The van der Waals surface area contributed by atoms with Crippen LogP contribution in [0.15, 0.2) is 79.0 Å². The fourth-order valence-corrected chi connectivity index (χ4v) is 8.40. The van der Waals surface area contributed by atoms with Crippen molar-refractivity contribution in [3.8, 4) is 22.3 Å². The molecule has 296 valence electrons. The molecule has 1 fully saturated rings. The van der Waals surface area contributed by atoms with Crippen molar-refractivity contribution in [1.29, 1.82) is 0 Å². The summed E-state index contributed by atoms with van der Waals surface area (Å²) in [5, 5.41) is 15.2. The predicted molar refractivity (Wildman–Crippen MR) is 225 cm³/mol. The summed E-state index contributed by atoms with van der Waals surface area (Å²) in [4.78, 5) is 30.4. The van der Waals surface area contributed by atoms with Gasteiger partial charge in [0.2, 0.25) is 5.91 Å². The zero-order chi connectivity index (χ0) is 39.4. The number of carbonyl (C=O) groups excluding carboxylic acids is 2. The lowest BCUT2D eigenvalue weighted by molar-refractivity contribution is -0.118. The molecule has 5 aromatic rings. The van der Waals surface area contributed by atoms with E-state index in [1.807, 2.05) is 35.9 Å². The summed E-state index contributed by atoms with van der Waals surface area (Å²) >= 11 is 0. The molecule has 0 bridgehead atoms. The number of hydrogen-bond acceptors (Lipinski definition) is 7. The first kappa shape index (κ1) is 39.5. The van der Waals surface area contributed by atoms with Crippen LogP contribution in [-0.4, -0.2) is 99.7 Å². The first-order valence-electron chi connectivity index (χ1n) is 19.4. The summed E-state index contributed by atoms with van der Waals surface area (Å²) in [5.41, 5.74) is 10.8. The number of hydrogen-bond donors (Lipinski definition) is 2. The number of aryl methyl sites for hydroxylation is 3. The summed E-state index contributed by atoms with van der Waals surface area (Å²) in [6.07, 6.45) is 10.0. The standard InChI is InChI=1S/C44H55N7O4S/c1-30-41(31(2)51(48-30)29-55-25-26-56(4,5)6)35-13-16-37(17-14-35)46-44(53)42(47-43(52)40-19-20-45-49(40)3)38-18-15-34-11-12-36(27-39(34)38)33-9-7-32(8-10-33)28-50-21-23-54-24-22-50/h7-14,16-17,19-20,27,38,42H,15,18,21-26,28-29H2,1-6H3,(H,46,53)(H,47,52)/t38-,42+/m1/s1. The van der Waals surface area contributed by atoms with E-state index < -0.39 is 16.1 Å². The molecular weight excluding hydrogens is 723 g/mol. The zero-order valence-electron chi connectivity index (χ0n) is 33.5. The van der Waals surface area contributed by atoms with Gasteiger partial charge in [0.25, 0.3) is 5.91 Å². The van der Waals surface area contributed by atoms with Gasteiger partial charge < -0.3 is 20.1 Å². The highest BCUT2D eigenvalue weighted by Crippen LogP contribution is 2.39. The lowest BCUT2D eigenvalue weighted by Gasteiger charge is -2.26. The number of nitrogens with one attached hydrogen (secondary N) is 2. The molecule has 56 heavy (non-hydrogen) atoms. The average molecular weight is 778 g/mol. The third-order valence-electron chi connectivity index (χ3n) is 11.0. The number of fused-ring (bicyclic) bond motifs is 1. The summed E-state index contributed by atoms with van der Waals surface area (Å²) in [6.45, 7) is 9.56. The van der Waals surface area contributed by atoms with E-state index in [1.54, 1.807) is 19.3 Å². The summed E-state index contributed by atoms with van der Waals surface area (Å²) in [7, 11) is 1.11. The first-order chi connectivity index (χ1) is 26.9. The van der Waals surface area contributed by atoms with Crippen LogP contribution in [0.2, 0.25) is 0 Å². The second-order valence-electron chi connectivity index (χ2n) is 15.9. The third-order valence-corrected chi connectivity index (χ3v) is 12.4. The van der Waals surface area contributed by atoms with Crippen LogP contribution in [0.4, 0.5) is 5.69 Å². The van der Waals surface area contributed by atoms with Crippen LogP contribution in [0.5, 0.6) is 0 Å². The molecule has 1 saturated heterocycles. The van der Waals surface area contributed by atoms with Gasteiger partial charge >= 0.3 is 0 Å². The molecule has 2 amide bonds. The highest BCUT2D eigenvalue weighted by molar-refractivity contribution is 8.32. The monoisotopic (exact) mass is 777 g/mol. The lowest BCUT2D eigenvalue weighted by Crippen LogP contribution is -2.47. The van der Waals surface area contributed by atoms with Gasteiger partial charge in [0.05, 0.1) is 25.5 Å². The number of nitrogens with zero attached hydrogens (tertiary/aromatic N) is 5. The topological polar surface area (TPSA) is 116 Å². The van der Waals surface area contributed by atoms with E-state index in [4.69, 9.17) is 14.6 Å². The second kappa shape index (κ2) is 17.2. The quantitative estimate of drug-likeness (QED) is 0.123. The first-order valence-corrected chi connectivity index (χ1v) is 22.5. The lowest BCUT2D eigenvalue weighted by atomic mass is 9.90. The van der Waals surface area contributed by atoms with Crippen LogP contribution in [0, 0.1) is 13.8 Å². The zero-order valence-corrected chi connectivity index (χ0v) is 34.3. The molecule has 1 aliphatic carbocycles. The third kappa shape index (κ3) is 9.26. The van der Waals surface area contributed by atoms with Crippen molar-refractivity contribution in [1.82, 2.24) is 29.8 Å². The van der Waals surface area contributed by atoms with Gasteiger partial charge in [0.15, 0.2) is 0 Å². The van der Waals surface area contributed by atoms with Gasteiger partial charge in [-0.15, -0.1) is 0 Å². The molecule has 1 aliphatic heterocycles. The number of aromatic nitrogens is 4. The highest BCUT2D eigenvalue weighted by Gasteiger charge is 2.36. The van der Waals surface area contributed by atoms with Crippen LogP contribution in [0.25, 0.3) is 22.3 Å². The minimum absolute atomic E-state index is 0.217. The minimum Gasteiger partial charge on any atom is -0.379 e. The molecule has 3 aromatic carbocycles. The maximum absolute atomic E-state index is 14.3. The fourth-order valence-electron chi connectivity index (χ4n) is 7.78. The molecule has 0 spiro atoms. The molecule has 0 radical (unpaired) electrons.